The molecule has 3 aromatic rings. The van der Waals surface area contributed by atoms with Crippen LogP contribution in [0.1, 0.15) is 17.3 Å². The predicted octanol–water partition coefficient (Wildman–Crippen LogP) is 3.36. The van der Waals surface area contributed by atoms with Gasteiger partial charge in [0.05, 0.1) is 16.6 Å². The molecular weight excluding hydrogens is 428 g/mol. The van der Waals surface area contributed by atoms with Crippen molar-refractivity contribution in [3.8, 4) is 5.75 Å². The molecule has 1 amide bonds. The molecule has 0 aliphatic carbocycles. The molecule has 1 aromatic heterocycles. The van der Waals surface area contributed by atoms with E-state index < -0.39 is 33.6 Å². The van der Waals surface area contributed by atoms with E-state index in [-0.39, 0.29) is 22.8 Å². The summed E-state index contributed by atoms with van der Waals surface area (Å²) in [6, 6.07) is 10.9. The fourth-order valence-corrected chi connectivity index (χ4v) is 3.63. The van der Waals surface area contributed by atoms with E-state index in [9.17, 15) is 22.0 Å². The van der Waals surface area contributed by atoms with Crippen molar-refractivity contribution in [2.24, 2.45) is 0 Å². The maximum atomic E-state index is 13.6. The molecule has 10 heteroatoms. The minimum absolute atomic E-state index is 0.0102. The highest BCUT2D eigenvalue weighted by Gasteiger charge is 2.16. The number of nitrogens with zero attached hydrogens (tertiary/aromatic N) is 1. The molecule has 2 N–H and O–H groups in total. The second-order valence-electron chi connectivity index (χ2n) is 6.63. The number of halogens is 2. The first-order valence-electron chi connectivity index (χ1n) is 9.16. The smallest absolute Gasteiger partial charge is 0.261 e. The second kappa shape index (κ2) is 9.52. The van der Waals surface area contributed by atoms with Gasteiger partial charge in [-0.3, -0.25) is 14.5 Å². The Morgan fingerprint density at radius 1 is 1.06 bits per heavy atom. The Kier molecular flexibility index (Phi) is 6.81. The van der Waals surface area contributed by atoms with E-state index in [1.165, 1.54) is 54.9 Å². The van der Waals surface area contributed by atoms with Crippen molar-refractivity contribution in [1.82, 2.24) is 10.3 Å². The Bertz CT molecular complexity index is 1160. The molecule has 0 fully saturated rings. The van der Waals surface area contributed by atoms with Crippen LogP contribution in [0.25, 0.3) is 0 Å². The minimum Gasteiger partial charge on any atom is -0.488 e. The minimum atomic E-state index is -3.82. The van der Waals surface area contributed by atoms with Gasteiger partial charge in [-0.1, -0.05) is 0 Å². The van der Waals surface area contributed by atoms with Crippen LogP contribution in [-0.2, 0) is 10.0 Å². The lowest BCUT2D eigenvalue weighted by molar-refractivity contribution is 0.0926. The fourth-order valence-electron chi connectivity index (χ4n) is 2.58. The zero-order valence-corrected chi connectivity index (χ0v) is 17.2. The highest BCUT2D eigenvalue weighted by Crippen LogP contribution is 2.18. The first-order valence-corrected chi connectivity index (χ1v) is 10.6. The van der Waals surface area contributed by atoms with Crippen molar-refractivity contribution in [3.63, 3.8) is 0 Å². The van der Waals surface area contributed by atoms with Crippen molar-refractivity contribution in [1.29, 1.82) is 0 Å². The monoisotopic (exact) mass is 447 g/mol. The van der Waals surface area contributed by atoms with Crippen LogP contribution in [0.15, 0.2) is 71.9 Å². The number of anilines is 1. The molecule has 0 aliphatic rings. The molecule has 162 valence electrons. The van der Waals surface area contributed by atoms with Crippen molar-refractivity contribution < 1.29 is 26.7 Å². The van der Waals surface area contributed by atoms with Gasteiger partial charge >= 0.3 is 0 Å². The predicted molar refractivity (Wildman–Crippen MR) is 110 cm³/mol. The number of aromatic nitrogens is 1. The van der Waals surface area contributed by atoms with E-state index in [0.717, 1.165) is 6.07 Å². The number of sulfonamides is 1. The zero-order chi connectivity index (χ0) is 22.4. The number of ether oxygens (including phenoxy) is 1. The summed E-state index contributed by atoms with van der Waals surface area (Å²) in [7, 11) is -3.82. The van der Waals surface area contributed by atoms with Gasteiger partial charge < -0.3 is 10.1 Å². The number of hydrogen-bond donors (Lipinski definition) is 2. The number of carbonyl (C=O) groups is 1. The number of carbonyl (C=O) groups excluding carboxylic acids is 1. The average Bonchev–Trinajstić information content (AvgIpc) is 2.73. The van der Waals surface area contributed by atoms with Crippen LogP contribution in [0, 0.1) is 11.6 Å². The third-order valence-electron chi connectivity index (χ3n) is 4.12. The molecular formula is C21H19F2N3O4S. The Labute approximate surface area is 178 Å². The van der Waals surface area contributed by atoms with Crippen LogP contribution >= 0.6 is 0 Å². The van der Waals surface area contributed by atoms with Gasteiger partial charge in [0, 0.05) is 24.0 Å². The van der Waals surface area contributed by atoms with Crippen LogP contribution < -0.4 is 14.8 Å². The molecule has 1 atom stereocenters. The number of hydrogen-bond acceptors (Lipinski definition) is 5. The van der Waals surface area contributed by atoms with Crippen molar-refractivity contribution in [3.05, 3.63) is 84.2 Å². The largest absolute Gasteiger partial charge is 0.488 e. The third-order valence-corrected chi connectivity index (χ3v) is 5.52. The van der Waals surface area contributed by atoms with Gasteiger partial charge in [-0.15, -0.1) is 0 Å². The normalized spacial score (nSPS) is 12.1. The van der Waals surface area contributed by atoms with E-state index in [1.807, 2.05) is 0 Å². The van der Waals surface area contributed by atoms with Crippen LogP contribution in [0.5, 0.6) is 5.75 Å². The molecule has 7 nitrogen and oxygen atoms in total. The summed E-state index contributed by atoms with van der Waals surface area (Å²) in [6.45, 7) is 1.60. The zero-order valence-electron chi connectivity index (χ0n) is 16.4. The Morgan fingerprint density at radius 3 is 2.39 bits per heavy atom. The maximum absolute atomic E-state index is 13.6. The van der Waals surface area contributed by atoms with Crippen molar-refractivity contribution >= 4 is 21.6 Å². The number of rotatable bonds is 8. The molecule has 2 aromatic carbocycles. The van der Waals surface area contributed by atoms with Gasteiger partial charge in [-0.25, -0.2) is 17.2 Å². The molecule has 0 spiro atoms. The molecule has 0 radical (unpaired) electrons. The first kappa shape index (κ1) is 22.2. The van der Waals surface area contributed by atoms with Gasteiger partial charge in [0.1, 0.15) is 12.4 Å². The van der Waals surface area contributed by atoms with E-state index in [4.69, 9.17) is 4.74 Å². The van der Waals surface area contributed by atoms with E-state index in [2.05, 4.69) is 15.0 Å². The molecule has 0 aliphatic heterocycles. The molecule has 0 saturated carbocycles. The van der Waals surface area contributed by atoms with Crippen LogP contribution in [0.3, 0.4) is 0 Å². The summed E-state index contributed by atoms with van der Waals surface area (Å²) in [5.74, 6) is -2.14. The van der Waals surface area contributed by atoms with E-state index in [0.29, 0.717) is 11.8 Å². The third kappa shape index (κ3) is 5.98. The Morgan fingerprint density at radius 2 is 1.74 bits per heavy atom. The quantitative estimate of drug-likeness (QED) is 0.552. The van der Waals surface area contributed by atoms with E-state index >= 15 is 0 Å². The van der Waals surface area contributed by atoms with Crippen LogP contribution in [-0.4, -0.2) is 32.0 Å². The van der Waals surface area contributed by atoms with Crippen molar-refractivity contribution in [2.75, 3.05) is 11.3 Å². The molecule has 31 heavy (non-hydrogen) atoms. The SMILES string of the molecule is CC(COc1ccc(F)cc1F)NC(=O)c1ccc(S(=O)(=O)Nc2ccncc2)cc1. The summed E-state index contributed by atoms with van der Waals surface area (Å²) in [6.07, 6.45) is 2.92. The lowest BCUT2D eigenvalue weighted by atomic mass is 10.2. The summed E-state index contributed by atoms with van der Waals surface area (Å²) in [5, 5.41) is 2.66. The number of amides is 1. The summed E-state index contributed by atoms with van der Waals surface area (Å²) >= 11 is 0. The van der Waals surface area contributed by atoms with Gasteiger partial charge in [-0.05, 0) is 55.5 Å². The standard InChI is InChI=1S/C21H19F2N3O4S/c1-14(13-30-20-7-4-16(22)12-19(20)23)25-21(27)15-2-5-18(6-3-15)31(28,29)26-17-8-10-24-11-9-17/h2-12,14H,13H2,1H3,(H,24,26)(H,25,27). The number of nitrogens with one attached hydrogen (secondary N) is 2. The molecule has 0 bridgehead atoms. The van der Waals surface area contributed by atoms with Gasteiger partial charge in [0.2, 0.25) is 0 Å². The summed E-state index contributed by atoms with van der Waals surface area (Å²) in [4.78, 5) is 16.2. The molecule has 1 unspecified atom stereocenters. The average molecular weight is 447 g/mol. The van der Waals surface area contributed by atoms with Crippen LogP contribution in [0.2, 0.25) is 0 Å². The lowest BCUT2D eigenvalue weighted by Crippen LogP contribution is -2.36. The topological polar surface area (TPSA) is 97.4 Å². The first-order chi connectivity index (χ1) is 14.7. The van der Waals surface area contributed by atoms with Crippen molar-refractivity contribution in [2.45, 2.75) is 17.9 Å². The summed E-state index contributed by atoms with van der Waals surface area (Å²) in [5.41, 5.74) is 0.603. The number of pyridine rings is 1. The van der Waals surface area contributed by atoms with Gasteiger partial charge in [0.15, 0.2) is 11.6 Å². The number of benzene rings is 2. The highest BCUT2D eigenvalue weighted by molar-refractivity contribution is 7.92. The van der Waals surface area contributed by atoms with Gasteiger partial charge in [-0.2, -0.15) is 0 Å². The lowest BCUT2D eigenvalue weighted by Gasteiger charge is -2.15. The van der Waals surface area contributed by atoms with Crippen LogP contribution in [0.4, 0.5) is 14.5 Å². The Balaban J connectivity index is 1.58. The van der Waals surface area contributed by atoms with Gasteiger partial charge in [0.25, 0.3) is 15.9 Å². The maximum Gasteiger partial charge on any atom is 0.261 e. The summed E-state index contributed by atoms with van der Waals surface area (Å²) < 4.78 is 59.0. The Hall–Kier alpha value is -3.53. The highest BCUT2D eigenvalue weighted by atomic mass is 32.2. The molecule has 0 saturated heterocycles. The van der Waals surface area contributed by atoms with E-state index in [1.54, 1.807) is 6.92 Å². The molecule has 1 heterocycles. The molecule has 3 rings (SSSR count). The second-order valence-corrected chi connectivity index (χ2v) is 8.31. The fraction of sp³-hybridized carbons (Fsp3) is 0.143.